The van der Waals surface area contributed by atoms with E-state index in [4.69, 9.17) is 19.6 Å². The second-order valence-corrected chi connectivity index (χ2v) is 9.74. The Hall–Kier alpha value is -2.46. The topological polar surface area (TPSA) is 92.7 Å². The number of amides is 1. The molecule has 0 saturated heterocycles. The molecule has 0 aliphatic rings. The molecule has 0 aliphatic carbocycles. The quantitative estimate of drug-likeness (QED) is 0.275. The van der Waals surface area contributed by atoms with Gasteiger partial charge in [-0.15, -0.1) is 11.8 Å². The lowest BCUT2D eigenvalue weighted by atomic mass is 10.0. The van der Waals surface area contributed by atoms with Crippen LogP contribution in [-0.2, 0) is 11.3 Å². The summed E-state index contributed by atoms with van der Waals surface area (Å²) in [5.41, 5.74) is 1.09. The van der Waals surface area contributed by atoms with Crippen LogP contribution in [0.5, 0.6) is 11.5 Å². The highest BCUT2D eigenvalue weighted by Crippen LogP contribution is 2.35. The lowest BCUT2D eigenvalue weighted by molar-refractivity contribution is 0.0523. The molecule has 33 heavy (non-hydrogen) atoms. The molecular formula is C23H29BrFN3O4S. The highest BCUT2D eigenvalue weighted by atomic mass is 79.9. The average Bonchev–Trinajstić information content (AvgIpc) is 2.75. The van der Waals surface area contributed by atoms with E-state index in [1.165, 1.54) is 38.1 Å². The monoisotopic (exact) mass is 541 g/mol. The second-order valence-electron chi connectivity index (χ2n) is 8.04. The molecule has 0 aliphatic heterocycles. The van der Waals surface area contributed by atoms with Gasteiger partial charge in [0.05, 0.1) is 19.3 Å². The van der Waals surface area contributed by atoms with Gasteiger partial charge in [-0.1, -0.05) is 15.9 Å². The first kappa shape index (κ1) is 26.8. The van der Waals surface area contributed by atoms with Gasteiger partial charge >= 0.3 is 6.09 Å². The molecule has 10 heteroatoms. The van der Waals surface area contributed by atoms with Crippen molar-refractivity contribution in [3.8, 4) is 11.5 Å². The number of carbonyl (C=O) groups is 1. The number of rotatable bonds is 8. The van der Waals surface area contributed by atoms with E-state index in [9.17, 15) is 9.18 Å². The molecule has 0 fully saturated rings. The summed E-state index contributed by atoms with van der Waals surface area (Å²) in [6.45, 7) is 5.60. The van der Waals surface area contributed by atoms with E-state index in [0.717, 1.165) is 10.0 Å². The number of hydrogen-bond donors (Lipinski definition) is 3. The molecule has 2 rings (SSSR count). The Labute approximate surface area is 206 Å². The van der Waals surface area contributed by atoms with E-state index < -0.39 is 23.6 Å². The Morgan fingerprint density at radius 1 is 1.18 bits per heavy atom. The summed E-state index contributed by atoms with van der Waals surface area (Å²) in [6.07, 6.45) is 1.23. The summed E-state index contributed by atoms with van der Waals surface area (Å²) >= 11 is 4.69. The van der Waals surface area contributed by atoms with Crippen molar-refractivity contribution in [3.05, 3.63) is 51.7 Å². The van der Waals surface area contributed by atoms with Gasteiger partial charge in [0.15, 0.2) is 11.5 Å². The predicted octanol–water partition coefficient (Wildman–Crippen LogP) is 6.12. The summed E-state index contributed by atoms with van der Waals surface area (Å²) in [7, 11) is 2.91. The van der Waals surface area contributed by atoms with Gasteiger partial charge in [0.1, 0.15) is 17.5 Å². The Kier molecular flexibility index (Phi) is 9.42. The van der Waals surface area contributed by atoms with Crippen LogP contribution in [0.3, 0.4) is 0 Å². The smallest absolute Gasteiger partial charge is 0.407 e. The van der Waals surface area contributed by atoms with Crippen molar-refractivity contribution in [3.63, 3.8) is 0 Å². The Morgan fingerprint density at radius 3 is 2.39 bits per heavy atom. The molecule has 1 unspecified atom stereocenters. The number of anilines is 1. The molecule has 0 spiro atoms. The van der Waals surface area contributed by atoms with Crippen LogP contribution in [0.4, 0.5) is 14.9 Å². The van der Waals surface area contributed by atoms with Crippen LogP contribution < -0.4 is 20.1 Å². The first-order valence-corrected chi connectivity index (χ1v) is 12.1. The van der Waals surface area contributed by atoms with E-state index in [2.05, 4.69) is 26.6 Å². The van der Waals surface area contributed by atoms with Gasteiger partial charge in [-0.05, 0) is 56.9 Å². The first-order valence-electron chi connectivity index (χ1n) is 10.0. The number of thioether (sulfide) groups is 1. The highest BCUT2D eigenvalue weighted by molar-refractivity contribution is 9.10. The molecule has 7 nitrogen and oxygen atoms in total. The van der Waals surface area contributed by atoms with Gasteiger partial charge < -0.3 is 24.8 Å². The maximum atomic E-state index is 14.9. The molecule has 3 N–H and O–H groups in total. The maximum Gasteiger partial charge on any atom is 0.407 e. The molecule has 1 amide bonds. The average molecular weight is 542 g/mol. The van der Waals surface area contributed by atoms with Crippen molar-refractivity contribution in [2.75, 3.05) is 25.8 Å². The first-order chi connectivity index (χ1) is 15.5. The van der Waals surface area contributed by atoms with Gasteiger partial charge in [-0.3, -0.25) is 5.41 Å². The third kappa shape index (κ3) is 7.53. The number of alkyl carbamates (subject to hydrolysis) is 1. The molecular weight excluding hydrogens is 513 g/mol. The van der Waals surface area contributed by atoms with Crippen LogP contribution >= 0.6 is 27.7 Å². The van der Waals surface area contributed by atoms with Crippen molar-refractivity contribution < 1.29 is 23.4 Å². The van der Waals surface area contributed by atoms with Gasteiger partial charge in [-0.2, -0.15) is 0 Å². The molecule has 2 aromatic rings. The van der Waals surface area contributed by atoms with Crippen LogP contribution in [0, 0.1) is 11.2 Å². The number of halogens is 2. The van der Waals surface area contributed by atoms with Crippen molar-refractivity contribution in [1.29, 1.82) is 5.41 Å². The Balaban J connectivity index is 2.31. The fourth-order valence-corrected chi connectivity index (χ4v) is 3.75. The standard InChI is InChI=1S/C23H29BrFN3O4S/c1-23(2,3)32-22(29)27-12-13-9-14(7-8-16(13)24)28-20(21(26)33-6)15-10-18(30-4)19(31-5)11-17(15)25/h7-11,20,26,28H,12H2,1-6H3,(H,27,29). The minimum Gasteiger partial charge on any atom is -0.493 e. The van der Waals surface area contributed by atoms with Gasteiger partial charge in [0.2, 0.25) is 0 Å². The molecule has 0 radical (unpaired) electrons. The SMILES string of the molecule is COc1cc(F)c(C(Nc2ccc(Br)c(CNC(=O)OC(C)(C)C)c2)C(=N)SC)cc1OC. The van der Waals surface area contributed by atoms with Gasteiger partial charge in [0.25, 0.3) is 0 Å². The Bertz CT molecular complexity index is 1010. The fourth-order valence-electron chi connectivity index (χ4n) is 2.94. The minimum absolute atomic E-state index is 0.220. The molecule has 180 valence electrons. The van der Waals surface area contributed by atoms with E-state index >= 15 is 0 Å². The number of methoxy groups -OCH3 is 2. The molecule has 1 atom stereocenters. The van der Waals surface area contributed by atoms with E-state index in [-0.39, 0.29) is 22.9 Å². The van der Waals surface area contributed by atoms with Crippen LogP contribution in [0.15, 0.2) is 34.8 Å². The lowest BCUT2D eigenvalue weighted by Gasteiger charge is -2.23. The zero-order valence-corrected chi connectivity index (χ0v) is 21.9. The lowest BCUT2D eigenvalue weighted by Crippen LogP contribution is -2.32. The highest BCUT2D eigenvalue weighted by Gasteiger charge is 2.24. The van der Waals surface area contributed by atoms with Crippen molar-refractivity contribution in [1.82, 2.24) is 5.32 Å². The fraction of sp³-hybridized carbons (Fsp3) is 0.391. The van der Waals surface area contributed by atoms with Crippen LogP contribution in [0.25, 0.3) is 0 Å². The largest absolute Gasteiger partial charge is 0.493 e. The molecule has 2 aromatic carbocycles. The summed E-state index contributed by atoms with van der Waals surface area (Å²) in [4.78, 5) is 12.0. The number of carbonyl (C=O) groups excluding carboxylic acids is 1. The molecule has 0 aromatic heterocycles. The predicted molar refractivity (Wildman–Crippen MR) is 134 cm³/mol. The number of hydrogen-bond acceptors (Lipinski definition) is 7. The maximum absolute atomic E-state index is 14.9. The van der Waals surface area contributed by atoms with Crippen LogP contribution in [0.1, 0.15) is 37.9 Å². The number of ether oxygens (including phenoxy) is 3. The summed E-state index contributed by atoms with van der Waals surface area (Å²) in [5.74, 6) is 0.118. The normalized spacial score (nSPS) is 12.0. The minimum atomic E-state index is -0.757. The second kappa shape index (κ2) is 11.6. The molecule has 0 saturated carbocycles. The van der Waals surface area contributed by atoms with Crippen LogP contribution in [0.2, 0.25) is 0 Å². The van der Waals surface area contributed by atoms with Gasteiger partial charge in [0, 0.05) is 28.3 Å². The van der Waals surface area contributed by atoms with Gasteiger partial charge in [-0.25, -0.2) is 9.18 Å². The zero-order valence-electron chi connectivity index (χ0n) is 19.5. The number of benzene rings is 2. The van der Waals surface area contributed by atoms with Crippen LogP contribution in [-0.4, -0.2) is 37.2 Å². The zero-order chi connectivity index (χ0) is 24.8. The third-order valence-corrected chi connectivity index (χ3v) is 5.92. The third-order valence-electron chi connectivity index (χ3n) is 4.47. The van der Waals surface area contributed by atoms with Crippen molar-refractivity contribution >= 4 is 44.5 Å². The van der Waals surface area contributed by atoms with E-state index in [0.29, 0.717) is 11.4 Å². The summed E-state index contributed by atoms with van der Waals surface area (Å²) < 4.78 is 31.5. The summed E-state index contributed by atoms with van der Waals surface area (Å²) in [5, 5.41) is 14.6. The Morgan fingerprint density at radius 2 is 1.82 bits per heavy atom. The van der Waals surface area contributed by atoms with E-state index in [1.54, 1.807) is 33.1 Å². The van der Waals surface area contributed by atoms with Crippen molar-refractivity contribution in [2.24, 2.45) is 0 Å². The van der Waals surface area contributed by atoms with Crippen molar-refractivity contribution in [2.45, 2.75) is 39.0 Å². The molecule has 0 bridgehead atoms. The number of nitrogens with one attached hydrogen (secondary N) is 3. The molecule has 0 heterocycles. The summed E-state index contributed by atoms with van der Waals surface area (Å²) in [6, 6.07) is 7.46. The van der Waals surface area contributed by atoms with E-state index in [1.807, 2.05) is 12.1 Å².